The number of benzene rings is 2. The lowest BCUT2D eigenvalue weighted by Crippen LogP contribution is -2.14. The van der Waals surface area contributed by atoms with E-state index in [0.717, 1.165) is 17.4 Å². The molecule has 0 fully saturated rings. The van der Waals surface area contributed by atoms with E-state index in [2.05, 4.69) is 5.32 Å². The molecule has 1 heterocycles. The number of halogens is 3. The van der Waals surface area contributed by atoms with Crippen LogP contribution in [0.15, 0.2) is 48.5 Å². The quantitative estimate of drug-likeness (QED) is 0.287. The summed E-state index contributed by atoms with van der Waals surface area (Å²) in [4.78, 5) is 23.0. The number of anilines is 3. The van der Waals surface area contributed by atoms with Crippen molar-refractivity contribution >= 4 is 39.5 Å². The highest BCUT2D eigenvalue weighted by Crippen LogP contribution is 2.40. The number of hydrogen-bond donors (Lipinski definition) is 3. The van der Waals surface area contributed by atoms with E-state index < -0.39 is 23.8 Å². The third-order valence-corrected chi connectivity index (χ3v) is 5.64. The van der Waals surface area contributed by atoms with E-state index in [1.807, 2.05) is 0 Å². The van der Waals surface area contributed by atoms with Crippen LogP contribution in [0.1, 0.15) is 51.1 Å². The summed E-state index contributed by atoms with van der Waals surface area (Å²) in [5.74, 6) is -1.51. The van der Waals surface area contributed by atoms with Crippen molar-refractivity contribution in [3.05, 3.63) is 70.1 Å². The molecule has 0 aliphatic rings. The van der Waals surface area contributed by atoms with Gasteiger partial charge in [0.1, 0.15) is 11.9 Å². The van der Waals surface area contributed by atoms with Gasteiger partial charge in [0.15, 0.2) is 10.7 Å². The van der Waals surface area contributed by atoms with Gasteiger partial charge in [-0.25, -0.2) is 4.79 Å². The summed E-state index contributed by atoms with van der Waals surface area (Å²) in [6.45, 7) is 2.82. The number of hydrogen-bond acceptors (Lipinski definition) is 6. The van der Waals surface area contributed by atoms with Gasteiger partial charge in [-0.05, 0) is 38.1 Å². The Morgan fingerprint density at radius 3 is 2.44 bits per heavy atom. The smallest absolute Gasteiger partial charge is 0.416 e. The van der Waals surface area contributed by atoms with E-state index in [-0.39, 0.29) is 27.7 Å². The summed E-state index contributed by atoms with van der Waals surface area (Å²) in [6, 6.07) is 11.0. The SMILES string of the molecule is CC(=O)c1ccc(Nc2cc(O[C@H](C)c3ccccc3C(F)(F)F)c(C(=O)O)s2)c(N)c1. The average molecular weight is 464 g/mol. The molecule has 0 spiro atoms. The predicted octanol–water partition coefficient (Wildman–Crippen LogP) is 6.13. The Morgan fingerprint density at radius 2 is 1.84 bits per heavy atom. The zero-order valence-corrected chi connectivity index (χ0v) is 17.8. The molecule has 0 saturated heterocycles. The van der Waals surface area contributed by atoms with Crippen LogP contribution in [0, 0.1) is 0 Å². The molecule has 2 aromatic carbocycles. The van der Waals surface area contributed by atoms with E-state index in [9.17, 15) is 27.9 Å². The lowest BCUT2D eigenvalue weighted by atomic mass is 10.0. The normalized spacial score (nSPS) is 12.3. The fourth-order valence-corrected chi connectivity index (χ4v) is 3.91. The molecular weight excluding hydrogens is 445 g/mol. The summed E-state index contributed by atoms with van der Waals surface area (Å²) in [5, 5.41) is 12.8. The third-order valence-electron chi connectivity index (χ3n) is 4.62. The van der Waals surface area contributed by atoms with Gasteiger partial charge in [0, 0.05) is 17.2 Å². The first kappa shape index (κ1) is 23.1. The second kappa shape index (κ2) is 8.91. The number of carbonyl (C=O) groups is 2. The molecule has 3 rings (SSSR count). The van der Waals surface area contributed by atoms with Crippen LogP contribution in [-0.4, -0.2) is 16.9 Å². The minimum atomic E-state index is -4.57. The molecule has 0 aliphatic heterocycles. The molecule has 0 radical (unpaired) electrons. The Balaban J connectivity index is 1.89. The van der Waals surface area contributed by atoms with Gasteiger partial charge in [-0.3, -0.25) is 4.79 Å². The fraction of sp³-hybridized carbons (Fsp3) is 0.182. The van der Waals surface area contributed by atoms with Crippen LogP contribution < -0.4 is 15.8 Å². The second-order valence-corrected chi connectivity index (χ2v) is 7.99. The largest absolute Gasteiger partial charge is 0.484 e. The molecule has 3 aromatic rings. The Hall–Kier alpha value is -3.53. The number of ketones is 1. The number of ether oxygens (including phenoxy) is 1. The van der Waals surface area contributed by atoms with Crippen LogP contribution in [0.25, 0.3) is 0 Å². The highest BCUT2D eigenvalue weighted by Gasteiger charge is 2.35. The van der Waals surface area contributed by atoms with Crippen molar-refractivity contribution in [3.8, 4) is 5.75 Å². The number of carboxylic acid groups (broad SMARTS) is 1. The van der Waals surface area contributed by atoms with Crippen molar-refractivity contribution in [2.45, 2.75) is 26.1 Å². The lowest BCUT2D eigenvalue weighted by Gasteiger charge is -2.19. The first-order valence-electron chi connectivity index (χ1n) is 9.34. The van der Waals surface area contributed by atoms with Crippen LogP contribution in [-0.2, 0) is 6.18 Å². The molecule has 6 nitrogen and oxygen atoms in total. The zero-order chi connectivity index (χ0) is 23.6. The Labute approximate surface area is 185 Å². The number of Topliss-reactive ketones (excluding diaryl/α,β-unsaturated/α-hetero) is 1. The Kier molecular flexibility index (Phi) is 6.45. The molecule has 0 bridgehead atoms. The Bertz CT molecular complexity index is 1170. The zero-order valence-electron chi connectivity index (χ0n) is 17.0. The van der Waals surface area contributed by atoms with E-state index >= 15 is 0 Å². The second-order valence-electron chi connectivity index (χ2n) is 6.94. The standard InChI is InChI=1S/C22H19F3N2O4S/c1-11(28)13-7-8-17(16(26)9-13)27-19-10-18(20(32-19)21(29)30)31-12(2)14-5-3-4-6-15(14)22(23,24)25/h3-10,12,27H,26H2,1-2H3,(H,29,30)/t12-/m1/s1. The van der Waals surface area contributed by atoms with Gasteiger partial charge in [0.25, 0.3) is 0 Å². The summed E-state index contributed by atoms with van der Waals surface area (Å²) in [6.07, 6.45) is -5.64. The summed E-state index contributed by atoms with van der Waals surface area (Å²) < 4.78 is 45.6. The maximum atomic E-state index is 13.3. The maximum Gasteiger partial charge on any atom is 0.416 e. The predicted molar refractivity (Wildman–Crippen MR) is 116 cm³/mol. The number of nitrogen functional groups attached to an aromatic ring is 1. The van der Waals surface area contributed by atoms with Gasteiger partial charge >= 0.3 is 12.1 Å². The van der Waals surface area contributed by atoms with Gasteiger partial charge in [-0.15, -0.1) is 11.3 Å². The van der Waals surface area contributed by atoms with Crippen molar-refractivity contribution in [3.63, 3.8) is 0 Å². The maximum absolute atomic E-state index is 13.3. The minimum absolute atomic E-state index is 0.0756. The monoisotopic (exact) mass is 464 g/mol. The number of nitrogens with one attached hydrogen (secondary N) is 1. The van der Waals surface area contributed by atoms with Gasteiger partial charge in [0.05, 0.1) is 21.9 Å². The number of thiophene rings is 1. The van der Waals surface area contributed by atoms with Crippen molar-refractivity contribution in [1.29, 1.82) is 0 Å². The molecule has 1 atom stereocenters. The van der Waals surface area contributed by atoms with Gasteiger partial charge in [0.2, 0.25) is 0 Å². The van der Waals surface area contributed by atoms with Gasteiger partial charge in [-0.2, -0.15) is 13.2 Å². The molecule has 0 unspecified atom stereocenters. The molecular formula is C22H19F3N2O4S. The molecule has 168 valence electrons. The van der Waals surface area contributed by atoms with Crippen LogP contribution in [0.3, 0.4) is 0 Å². The molecule has 1 aromatic heterocycles. The van der Waals surface area contributed by atoms with Crippen molar-refractivity contribution < 1.29 is 32.6 Å². The first-order valence-corrected chi connectivity index (χ1v) is 10.2. The van der Waals surface area contributed by atoms with E-state index in [0.29, 0.717) is 16.3 Å². The van der Waals surface area contributed by atoms with Gasteiger partial charge in [-0.1, -0.05) is 18.2 Å². The minimum Gasteiger partial charge on any atom is -0.484 e. The van der Waals surface area contributed by atoms with Crippen molar-refractivity contribution in [2.24, 2.45) is 0 Å². The highest BCUT2D eigenvalue weighted by molar-refractivity contribution is 7.18. The molecule has 0 saturated carbocycles. The number of nitrogens with two attached hydrogens (primary N) is 1. The van der Waals surface area contributed by atoms with Gasteiger partial charge < -0.3 is 20.9 Å². The number of carbonyl (C=O) groups excluding carboxylic acids is 1. The van der Waals surface area contributed by atoms with Crippen LogP contribution in [0.2, 0.25) is 0 Å². The fourth-order valence-electron chi connectivity index (χ4n) is 3.06. The first-order chi connectivity index (χ1) is 15.0. The number of carboxylic acids is 1. The molecule has 4 N–H and O–H groups in total. The Morgan fingerprint density at radius 1 is 1.16 bits per heavy atom. The number of aromatic carboxylic acids is 1. The summed E-state index contributed by atoms with van der Waals surface area (Å²) in [7, 11) is 0. The van der Waals surface area contributed by atoms with Crippen LogP contribution >= 0.6 is 11.3 Å². The topological polar surface area (TPSA) is 102 Å². The molecule has 0 aliphatic carbocycles. The average Bonchev–Trinajstić information content (AvgIpc) is 3.11. The van der Waals surface area contributed by atoms with Crippen LogP contribution in [0.5, 0.6) is 5.75 Å². The third kappa shape index (κ3) is 5.02. The molecule has 0 amide bonds. The van der Waals surface area contributed by atoms with E-state index in [1.165, 1.54) is 44.2 Å². The van der Waals surface area contributed by atoms with E-state index in [4.69, 9.17) is 10.5 Å². The number of alkyl halides is 3. The van der Waals surface area contributed by atoms with Crippen molar-refractivity contribution in [2.75, 3.05) is 11.1 Å². The lowest BCUT2D eigenvalue weighted by molar-refractivity contribution is -0.139. The van der Waals surface area contributed by atoms with Crippen molar-refractivity contribution in [1.82, 2.24) is 0 Å². The molecule has 10 heteroatoms. The summed E-state index contributed by atoms with van der Waals surface area (Å²) in [5.41, 5.74) is 6.14. The highest BCUT2D eigenvalue weighted by atomic mass is 32.1. The van der Waals surface area contributed by atoms with E-state index in [1.54, 1.807) is 12.1 Å². The summed E-state index contributed by atoms with van der Waals surface area (Å²) >= 11 is 0.848. The molecule has 32 heavy (non-hydrogen) atoms. The number of rotatable bonds is 7. The van der Waals surface area contributed by atoms with Crippen LogP contribution in [0.4, 0.5) is 29.5 Å².